The lowest BCUT2D eigenvalue weighted by Gasteiger charge is -2.30. The minimum Gasteiger partial charge on any atom is -0.483 e. The number of carbonyl (C=O) groups is 2. The lowest BCUT2D eigenvalue weighted by atomic mass is 10.0. The molecule has 2 aliphatic heterocycles. The highest BCUT2D eigenvalue weighted by Crippen LogP contribution is 2.31. The van der Waals surface area contributed by atoms with Crippen molar-refractivity contribution in [2.45, 2.75) is 30.6 Å². The Balaban J connectivity index is 1.52. The number of carbonyl (C=O) groups excluding carboxylic acids is 2. The molecule has 32 heavy (non-hydrogen) atoms. The summed E-state index contributed by atoms with van der Waals surface area (Å²) in [6.45, 7) is 1.28. The summed E-state index contributed by atoms with van der Waals surface area (Å²) in [6.07, 6.45) is 3.14. The first kappa shape index (κ1) is 22.6. The number of hydrogen-bond donors (Lipinski definition) is 1. The summed E-state index contributed by atoms with van der Waals surface area (Å²) in [5, 5.41) is 0.335. The molecule has 0 spiro atoms. The summed E-state index contributed by atoms with van der Waals surface area (Å²) in [7, 11) is -3.52. The van der Waals surface area contributed by atoms with Gasteiger partial charge in [0.2, 0.25) is 10.0 Å². The third-order valence-electron chi connectivity index (χ3n) is 5.73. The molecule has 0 radical (unpaired) electrons. The van der Waals surface area contributed by atoms with Crippen molar-refractivity contribution in [3.8, 4) is 5.75 Å². The van der Waals surface area contributed by atoms with E-state index < -0.39 is 15.9 Å². The second-order valence-corrected chi connectivity index (χ2v) is 10.2. The minimum atomic E-state index is -3.52. The molecule has 2 aromatic carbocycles. The first-order valence-electron chi connectivity index (χ1n) is 10.4. The Morgan fingerprint density at radius 1 is 1.03 bits per heavy atom. The molecule has 2 aliphatic rings. The number of ether oxygens (including phenoxy) is 1. The fraction of sp³-hybridized carbons (Fsp3) is 0.364. The molecule has 4 rings (SSSR count). The smallest absolute Gasteiger partial charge is 0.264 e. The Hall–Kier alpha value is -2.62. The topological polar surface area (TPSA) is 110 Å². The zero-order chi connectivity index (χ0) is 22.9. The maximum atomic E-state index is 12.9. The fourth-order valence-corrected chi connectivity index (χ4v) is 5.85. The molecule has 2 N–H and O–H groups in total. The number of aryl methyl sites for hydroxylation is 1. The third-order valence-corrected chi connectivity index (χ3v) is 7.86. The van der Waals surface area contributed by atoms with Gasteiger partial charge in [-0.05, 0) is 67.6 Å². The molecule has 170 valence electrons. The van der Waals surface area contributed by atoms with Crippen LogP contribution in [0.4, 0.5) is 5.69 Å². The Labute approximate surface area is 191 Å². The number of sulfonamides is 1. The van der Waals surface area contributed by atoms with E-state index in [4.69, 9.17) is 22.1 Å². The number of anilines is 1. The van der Waals surface area contributed by atoms with Gasteiger partial charge in [0, 0.05) is 30.3 Å². The number of benzene rings is 2. The van der Waals surface area contributed by atoms with E-state index in [1.807, 2.05) is 0 Å². The SMILES string of the molecule is NC(=O)c1cc(Cl)ccc1OCC(=O)N1CCCc2cc(S(=O)(=O)N3CCCC3)ccc21. The average molecular weight is 478 g/mol. The Morgan fingerprint density at radius 3 is 2.50 bits per heavy atom. The molecule has 1 saturated heterocycles. The van der Waals surface area contributed by atoms with E-state index in [1.165, 1.54) is 16.4 Å². The highest BCUT2D eigenvalue weighted by Gasteiger charge is 2.30. The van der Waals surface area contributed by atoms with Crippen molar-refractivity contribution in [1.82, 2.24) is 4.31 Å². The molecular formula is C22H24ClN3O5S. The van der Waals surface area contributed by atoms with Crippen LogP contribution in [0.5, 0.6) is 5.75 Å². The van der Waals surface area contributed by atoms with Gasteiger partial charge in [0.1, 0.15) is 5.75 Å². The molecule has 2 heterocycles. The van der Waals surface area contributed by atoms with Gasteiger partial charge in [-0.3, -0.25) is 9.59 Å². The monoisotopic (exact) mass is 477 g/mol. The van der Waals surface area contributed by atoms with Gasteiger partial charge in [-0.2, -0.15) is 4.31 Å². The maximum Gasteiger partial charge on any atom is 0.264 e. The Morgan fingerprint density at radius 2 is 1.78 bits per heavy atom. The zero-order valence-electron chi connectivity index (χ0n) is 17.4. The molecule has 1 fully saturated rings. The van der Waals surface area contributed by atoms with Crippen LogP contribution in [0.1, 0.15) is 35.2 Å². The normalized spacial score (nSPS) is 16.6. The van der Waals surface area contributed by atoms with Crippen molar-refractivity contribution in [1.29, 1.82) is 0 Å². The quantitative estimate of drug-likeness (QED) is 0.687. The molecule has 10 heteroatoms. The van der Waals surface area contributed by atoms with E-state index in [-0.39, 0.29) is 28.7 Å². The summed E-state index contributed by atoms with van der Waals surface area (Å²) in [5.41, 5.74) is 6.95. The fourth-order valence-electron chi connectivity index (χ4n) is 4.11. The van der Waals surface area contributed by atoms with E-state index in [0.717, 1.165) is 18.4 Å². The number of amides is 2. The van der Waals surface area contributed by atoms with E-state index >= 15 is 0 Å². The summed E-state index contributed by atoms with van der Waals surface area (Å²) in [5.74, 6) is -0.823. The van der Waals surface area contributed by atoms with Crippen LogP contribution in [0.2, 0.25) is 5.02 Å². The van der Waals surface area contributed by atoms with Gasteiger partial charge in [0.25, 0.3) is 11.8 Å². The number of halogens is 1. The molecule has 8 nitrogen and oxygen atoms in total. The highest BCUT2D eigenvalue weighted by atomic mass is 35.5. The van der Waals surface area contributed by atoms with Gasteiger partial charge >= 0.3 is 0 Å². The van der Waals surface area contributed by atoms with Gasteiger partial charge in [-0.15, -0.1) is 0 Å². The van der Waals surface area contributed by atoms with Crippen molar-refractivity contribution in [3.63, 3.8) is 0 Å². The second-order valence-electron chi connectivity index (χ2n) is 7.84. The number of primary amides is 1. The first-order valence-corrected chi connectivity index (χ1v) is 12.2. The molecular weight excluding hydrogens is 454 g/mol. The summed E-state index contributed by atoms with van der Waals surface area (Å²) in [4.78, 5) is 26.4. The number of fused-ring (bicyclic) bond motifs is 1. The summed E-state index contributed by atoms with van der Waals surface area (Å²) < 4.78 is 32.9. The van der Waals surface area contributed by atoms with Crippen LogP contribution in [0.15, 0.2) is 41.3 Å². The zero-order valence-corrected chi connectivity index (χ0v) is 19.0. The van der Waals surface area contributed by atoms with Crippen LogP contribution < -0.4 is 15.4 Å². The largest absolute Gasteiger partial charge is 0.483 e. The van der Waals surface area contributed by atoms with Gasteiger partial charge in [-0.25, -0.2) is 8.42 Å². The van der Waals surface area contributed by atoms with Gasteiger partial charge in [-0.1, -0.05) is 11.6 Å². The van der Waals surface area contributed by atoms with Crippen LogP contribution >= 0.6 is 11.6 Å². The molecule has 2 aromatic rings. The van der Waals surface area contributed by atoms with Crippen molar-refractivity contribution in [2.24, 2.45) is 5.73 Å². The average Bonchev–Trinajstić information content (AvgIpc) is 3.33. The standard InChI is InChI=1S/C22H24ClN3O5S/c23-16-5-8-20(18(13-16)22(24)28)31-14-21(27)26-11-3-4-15-12-17(6-7-19(15)26)32(29,30)25-9-1-2-10-25/h5-8,12-13H,1-4,9-11,14H2,(H2,24,28). The van der Waals surface area contributed by atoms with Crippen molar-refractivity contribution in [3.05, 3.63) is 52.5 Å². The molecule has 0 atom stereocenters. The van der Waals surface area contributed by atoms with Gasteiger partial charge in [0.05, 0.1) is 10.5 Å². The second kappa shape index (κ2) is 9.09. The molecule has 0 saturated carbocycles. The molecule has 0 aromatic heterocycles. The van der Waals surface area contributed by atoms with Crippen LogP contribution in [-0.4, -0.2) is 50.8 Å². The maximum absolute atomic E-state index is 12.9. The Bertz CT molecular complexity index is 1160. The lowest BCUT2D eigenvalue weighted by Crippen LogP contribution is -2.39. The van der Waals surface area contributed by atoms with Crippen molar-refractivity contribution >= 4 is 39.1 Å². The van der Waals surface area contributed by atoms with Gasteiger partial charge in [0.15, 0.2) is 6.61 Å². The van der Waals surface area contributed by atoms with E-state index in [0.29, 0.717) is 43.2 Å². The number of nitrogens with two attached hydrogens (primary N) is 1. The Kier molecular flexibility index (Phi) is 6.41. The van der Waals surface area contributed by atoms with Crippen LogP contribution in [-0.2, 0) is 21.2 Å². The molecule has 0 bridgehead atoms. The van der Waals surface area contributed by atoms with E-state index in [2.05, 4.69) is 0 Å². The number of rotatable bonds is 6. The van der Waals surface area contributed by atoms with Crippen molar-refractivity contribution in [2.75, 3.05) is 31.1 Å². The lowest BCUT2D eigenvalue weighted by molar-refractivity contribution is -0.120. The van der Waals surface area contributed by atoms with Crippen LogP contribution in [0.25, 0.3) is 0 Å². The number of hydrogen-bond acceptors (Lipinski definition) is 5. The highest BCUT2D eigenvalue weighted by molar-refractivity contribution is 7.89. The van der Waals surface area contributed by atoms with Crippen molar-refractivity contribution < 1.29 is 22.7 Å². The first-order chi connectivity index (χ1) is 15.3. The summed E-state index contributed by atoms with van der Waals surface area (Å²) in [6, 6.07) is 9.35. The van der Waals surface area contributed by atoms with Crippen LogP contribution in [0.3, 0.4) is 0 Å². The third kappa shape index (κ3) is 4.46. The van der Waals surface area contributed by atoms with Crippen LogP contribution in [0, 0.1) is 0 Å². The molecule has 0 unspecified atom stereocenters. The molecule has 2 amide bonds. The number of nitrogens with zero attached hydrogens (tertiary/aromatic N) is 2. The minimum absolute atomic E-state index is 0.0982. The van der Waals surface area contributed by atoms with Gasteiger partial charge < -0.3 is 15.4 Å². The predicted molar refractivity (Wildman–Crippen MR) is 121 cm³/mol. The summed E-state index contributed by atoms with van der Waals surface area (Å²) >= 11 is 5.90. The van der Waals surface area contributed by atoms with E-state index in [9.17, 15) is 18.0 Å². The van der Waals surface area contributed by atoms with E-state index in [1.54, 1.807) is 29.2 Å². The molecule has 0 aliphatic carbocycles. The predicted octanol–water partition coefficient (Wildman–Crippen LogP) is 2.58.